The number of aliphatic hydroxyl groups excluding tert-OH is 1. The number of ether oxygens (including phenoxy) is 3. The zero-order valence-corrected chi connectivity index (χ0v) is 22.7. The van der Waals surface area contributed by atoms with Crippen LogP contribution in [0.15, 0.2) is 22.8 Å². The van der Waals surface area contributed by atoms with Gasteiger partial charge in [-0.05, 0) is 76.2 Å². The molecule has 202 valence electrons. The Morgan fingerprint density at radius 1 is 1.11 bits per heavy atom. The molecule has 0 aromatic heterocycles. The zero-order valence-electron chi connectivity index (χ0n) is 22.7. The number of carbonyl (C=O) groups is 3. The molecule has 2 bridgehead atoms. The molecule has 7 heteroatoms. The van der Waals surface area contributed by atoms with Crippen LogP contribution in [0.4, 0.5) is 0 Å². The number of aliphatic hydroxyl groups is 1. The van der Waals surface area contributed by atoms with Gasteiger partial charge in [-0.25, -0.2) is 4.79 Å². The van der Waals surface area contributed by atoms with Crippen molar-refractivity contribution in [3.8, 4) is 0 Å². The maximum Gasteiger partial charge on any atom is 0.334 e. The highest BCUT2D eigenvalue weighted by Gasteiger charge is 2.78. The van der Waals surface area contributed by atoms with E-state index in [1.165, 1.54) is 6.92 Å². The van der Waals surface area contributed by atoms with Gasteiger partial charge in [-0.1, -0.05) is 18.6 Å². The molecule has 0 amide bonds. The molecular formula is C30H40O7. The Morgan fingerprint density at radius 2 is 1.86 bits per heavy atom. The van der Waals surface area contributed by atoms with E-state index in [0.29, 0.717) is 18.4 Å². The summed E-state index contributed by atoms with van der Waals surface area (Å²) in [5, 5.41) is 9.92. The molecule has 0 aromatic rings. The second-order valence-electron chi connectivity index (χ2n) is 13.2. The van der Waals surface area contributed by atoms with Gasteiger partial charge in [0.25, 0.3) is 0 Å². The van der Waals surface area contributed by atoms with Crippen molar-refractivity contribution < 1.29 is 33.7 Å². The number of ketones is 1. The van der Waals surface area contributed by atoms with E-state index >= 15 is 0 Å². The van der Waals surface area contributed by atoms with E-state index in [2.05, 4.69) is 26.8 Å². The summed E-state index contributed by atoms with van der Waals surface area (Å²) < 4.78 is 18.7. The smallest absolute Gasteiger partial charge is 0.334 e. The molecule has 6 aliphatic rings. The third kappa shape index (κ3) is 3.10. The van der Waals surface area contributed by atoms with Crippen molar-refractivity contribution in [2.45, 2.75) is 109 Å². The van der Waals surface area contributed by atoms with Crippen LogP contribution < -0.4 is 0 Å². The summed E-state index contributed by atoms with van der Waals surface area (Å²) in [6.07, 6.45) is 7.60. The Labute approximate surface area is 219 Å². The van der Waals surface area contributed by atoms with E-state index in [1.54, 1.807) is 6.92 Å². The lowest BCUT2D eigenvalue weighted by atomic mass is 9.46. The van der Waals surface area contributed by atoms with Crippen LogP contribution in [0, 0.1) is 28.6 Å². The minimum Gasteiger partial charge on any atom is -0.462 e. The van der Waals surface area contributed by atoms with Crippen LogP contribution in [0.2, 0.25) is 0 Å². The maximum atomic E-state index is 13.7. The quantitative estimate of drug-likeness (QED) is 0.447. The van der Waals surface area contributed by atoms with Gasteiger partial charge in [-0.3, -0.25) is 9.59 Å². The number of rotatable bonds is 3. The molecule has 4 fully saturated rings. The molecule has 0 aromatic carbocycles. The van der Waals surface area contributed by atoms with Gasteiger partial charge in [0, 0.05) is 37.2 Å². The third-order valence-corrected chi connectivity index (χ3v) is 11.8. The highest BCUT2D eigenvalue weighted by Crippen LogP contribution is 2.75. The molecule has 0 spiro atoms. The van der Waals surface area contributed by atoms with E-state index in [4.69, 9.17) is 14.2 Å². The van der Waals surface area contributed by atoms with Gasteiger partial charge >= 0.3 is 11.9 Å². The maximum absolute atomic E-state index is 13.7. The van der Waals surface area contributed by atoms with Crippen LogP contribution in [0.5, 0.6) is 0 Å². The number of fused-ring (bicyclic) bond motifs is 3. The third-order valence-electron chi connectivity index (χ3n) is 11.8. The zero-order chi connectivity index (χ0) is 26.5. The van der Waals surface area contributed by atoms with E-state index < -0.39 is 17.1 Å². The van der Waals surface area contributed by atoms with Gasteiger partial charge in [0.2, 0.25) is 0 Å². The summed E-state index contributed by atoms with van der Waals surface area (Å²) >= 11 is 0. The van der Waals surface area contributed by atoms with E-state index in [1.807, 2.05) is 0 Å². The largest absolute Gasteiger partial charge is 0.462 e. The molecule has 9 atom stereocenters. The van der Waals surface area contributed by atoms with Crippen LogP contribution in [0.3, 0.4) is 0 Å². The average molecular weight is 513 g/mol. The fourth-order valence-corrected chi connectivity index (χ4v) is 9.93. The molecule has 2 heterocycles. The molecule has 1 N–H and O–H groups in total. The first-order valence-corrected chi connectivity index (χ1v) is 14.0. The first-order valence-electron chi connectivity index (χ1n) is 14.0. The van der Waals surface area contributed by atoms with Crippen LogP contribution in [0.1, 0.15) is 86.0 Å². The number of carbonyl (C=O) groups excluding carboxylic acids is 3. The number of esters is 2. The van der Waals surface area contributed by atoms with Crippen molar-refractivity contribution in [3.63, 3.8) is 0 Å². The van der Waals surface area contributed by atoms with Gasteiger partial charge in [-0.15, -0.1) is 0 Å². The van der Waals surface area contributed by atoms with Crippen LogP contribution >= 0.6 is 0 Å². The number of hydrogen-bond donors (Lipinski definition) is 1. The molecule has 7 nitrogen and oxygen atoms in total. The summed E-state index contributed by atoms with van der Waals surface area (Å²) in [5.41, 5.74) is 0.733. The van der Waals surface area contributed by atoms with Crippen LogP contribution in [0.25, 0.3) is 0 Å². The molecule has 2 aliphatic heterocycles. The SMILES string of the molecule is CC(=O)O[C@H]1CC(=O)[C@@]2(C)C(=CC[C@@H]3[C@@H]2CC[C@]2(C)[C@H]4CC[C@@]32O[C@]4(C)[C@H]2CC(CO)=C(C)C(=O)O2)C1. The molecule has 6 rings (SSSR count). The molecule has 3 saturated carbocycles. The number of cyclic esters (lactones) is 1. The normalized spacial score (nSPS) is 48.6. The second-order valence-corrected chi connectivity index (χ2v) is 13.2. The van der Waals surface area contributed by atoms with E-state index in [9.17, 15) is 19.5 Å². The van der Waals surface area contributed by atoms with Gasteiger partial charge in [-0.2, -0.15) is 0 Å². The average Bonchev–Trinajstić information content (AvgIpc) is 3.24. The lowest BCUT2D eigenvalue weighted by Crippen LogP contribution is -2.61. The van der Waals surface area contributed by atoms with Gasteiger partial charge in [0.15, 0.2) is 0 Å². The molecule has 0 unspecified atom stereocenters. The van der Waals surface area contributed by atoms with Crippen molar-refractivity contribution in [2.75, 3.05) is 6.61 Å². The standard InChI is InChI=1S/C30H40O7/c1-16-18(15-31)12-25(36-26(16)34)29(5)23-9-11-30(37-29)22-7-6-19-13-20(35-17(2)32)14-24(33)28(19,4)21(22)8-10-27(23,30)3/h6,20-23,25,31H,7-15H2,1-5H3/t20-,21+,22-,23-,25-,27-,28+,29+,30-/m1/s1. The summed E-state index contributed by atoms with van der Waals surface area (Å²) in [5.74, 6) is 0.105. The second kappa shape index (κ2) is 8.01. The fourth-order valence-electron chi connectivity index (χ4n) is 9.93. The minimum absolute atomic E-state index is 0.0649. The van der Waals surface area contributed by atoms with Crippen molar-refractivity contribution in [1.29, 1.82) is 0 Å². The Morgan fingerprint density at radius 3 is 2.57 bits per heavy atom. The summed E-state index contributed by atoms with van der Waals surface area (Å²) in [6, 6.07) is 0. The van der Waals surface area contributed by atoms with Gasteiger partial charge in [0.1, 0.15) is 23.6 Å². The summed E-state index contributed by atoms with van der Waals surface area (Å²) in [4.78, 5) is 38.0. The lowest BCUT2D eigenvalue weighted by Gasteiger charge is -2.59. The van der Waals surface area contributed by atoms with Crippen LogP contribution in [-0.4, -0.2) is 52.8 Å². The predicted molar refractivity (Wildman–Crippen MR) is 134 cm³/mol. The van der Waals surface area contributed by atoms with Crippen molar-refractivity contribution >= 4 is 17.7 Å². The van der Waals surface area contributed by atoms with Crippen LogP contribution in [-0.2, 0) is 28.6 Å². The molecular weight excluding hydrogens is 472 g/mol. The van der Waals surface area contributed by atoms with Crippen molar-refractivity contribution in [2.24, 2.45) is 28.6 Å². The Kier molecular flexibility index (Phi) is 5.48. The molecule has 1 saturated heterocycles. The van der Waals surface area contributed by atoms with Crippen molar-refractivity contribution in [1.82, 2.24) is 0 Å². The number of allylic oxidation sites excluding steroid dienone is 1. The minimum atomic E-state index is -0.638. The Balaban J connectivity index is 1.35. The first-order chi connectivity index (χ1) is 17.4. The van der Waals surface area contributed by atoms with E-state index in [-0.39, 0.29) is 65.6 Å². The molecule has 37 heavy (non-hydrogen) atoms. The monoisotopic (exact) mass is 512 g/mol. The van der Waals surface area contributed by atoms with E-state index in [0.717, 1.165) is 43.3 Å². The summed E-state index contributed by atoms with van der Waals surface area (Å²) in [7, 11) is 0. The Hall–Kier alpha value is -1.99. The number of hydrogen-bond acceptors (Lipinski definition) is 7. The number of Topliss-reactive ketones (excluding diaryl/α,β-unsaturated/α-hetero) is 1. The molecule has 0 radical (unpaired) electrons. The highest BCUT2D eigenvalue weighted by molar-refractivity contribution is 5.90. The Bertz CT molecular complexity index is 1140. The lowest BCUT2D eigenvalue weighted by molar-refractivity contribution is -0.232. The van der Waals surface area contributed by atoms with Crippen molar-refractivity contribution in [3.05, 3.63) is 22.8 Å². The first kappa shape index (κ1) is 25.3. The topological polar surface area (TPSA) is 99.1 Å². The summed E-state index contributed by atoms with van der Waals surface area (Å²) in [6.45, 7) is 9.58. The van der Waals surface area contributed by atoms with Gasteiger partial charge < -0.3 is 19.3 Å². The fraction of sp³-hybridized carbons (Fsp3) is 0.767. The predicted octanol–water partition coefficient (Wildman–Crippen LogP) is 4.21. The highest BCUT2D eigenvalue weighted by atomic mass is 16.6. The molecule has 4 aliphatic carbocycles. The van der Waals surface area contributed by atoms with Gasteiger partial charge in [0.05, 0.1) is 17.6 Å².